The quantitative estimate of drug-likeness (QED) is 0.190. The zero-order chi connectivity index (χ0) is 34.2. The predicted octanol–water partition coefficient (Wildman–Crippen LogP) is 5.13. The van der Waals surface area contributed by atoms with Crippen LogP contribution in [0.1, 0.15) is 52.0 Å². The van der Waals surface area contributed by atoms with Crippen LogP contribution in [0.25, 0.3) is 11.0 Å². The van der Waals surface area contributed by atoms with Crippen LogP contribution < -0.4 is 24.4 Å². The Morgan fingerprint density at radius 1 is 0.938 bits per heavy atom. The molecule has 0 atom stereocenters. The second-order valence-electron chi connectivity index (χ2n) is 12.0. The van der Waals surface area contributed by atoms with Crippen LogP contribution in [0.5, 0.6) is 17.5 Å². The second kappa shape index (κ2) is 15.7. The Balaban J connectivity index is 1.19. The number of hydrogen-bond donors (Lipinski definition) is 2. The molecule has 1 aliphatic heterocycles. The zero-order valence-corrected chi connectivity index (χ0v) is 28.3. The third-order valence-electron chi connectivity index (χ3n) is 8.56. The molecule has 0 unspecified atom stereocenters. The fraction of sp³-hybridized carbons (Fsp3) is 0.389. The maximum Gasteiger partial charge on any atom is 0.294 e. The number of aromatic amines is 1. The molecule has 0 bridgehead atoms. The van der Waals surface area contributed by atoms with E-state index in [1.807, 2.05) is 36.1 Å². The number of carbonyl (C=O) groups excluding carboxylic acids is 3. The lowest BCUT2D eigenvalue weighted by molar-refractivity contribution is -0.132. The lowest BCUT2D eigenvalue weighted by Gasteiger charge is -2.32. The van der Waals surface area contributed by atoms with E-state index in [4.69, 9.17) is 14.2 Å². The number of rotatable bonds is 13. The van der Waals surface area contributed by atoms with Gasteiger partial charge in [0.15, 0.2) is 0 Å². The summed E-state index contributed by atoms with van der Waals surface area (Å²) in [6.45, 7) is 5.90. The number of nitrogens with one attached hydrogen (secondary N) is 2. The summed E-state index contributed by atoms with van der Waals surface area (Å²) in [6, 6.07) is 16.2. The number of benzene rings is 3. The number of methoxy groups -OCH3 is 2. The molecule has 3 amide bonds. The standard InChI is InChI=1S/C36H44N6O6/c1-24-13-16-29(31(22-24)48-21-8-6-7-12-32(43)42-19-17-40(2)18-20-42)41(3)35(45)25-14-15-27(30(23-25)46-4)37-34(44)26-10-9-11-28-33(26)39-36(38-28)47-5/h9-11,13-16,22-23H,6-8,12,17-21H2,1-5H3,(H,37,44)(H,38,39). The van der Waals surface area contributed by atoms with E-state index in [1.165, 1.54) is 14.2 Å². The molecule has 1 aliphatic rings. The fourth-order valence-electron chi connectivity index (χ4n) is 5.67. The number of para-hydroxylation sites is 1. The van der Waals surface area contributed by atoms with Crippen molar-refractivity contribution in [3.8, 4) is 17.5 Å². The third-order valence-corrected chi connectivity index (χ3v) is 8.56. The van der Waals surface area contributed by atoms with Gasteiger partial charge in [0, 0.05) is 45.2 Å². The van der Waals surface area contributed by atoms with E-state index >= 15 is 0 Å². The average Bonchev–Trinajstić information content (AvgIpc) is 3.53. The predicted molar refractivity (Wildman–Crippen MR) is 186 cm³/mol. The Morgan fingerprint density at radius 2 is 1.73 bits per heavy atom. The molecule has 5 rings (SSSR count). The summed E-state index contributed by atoms with van der Waals surface area (Å²) in [5, 5.41) is 2.88. The van der Waals surface area contributed by atoms with E-state index in [2.05, 4.69) is 27.2 Å². The van der Waals surface area contributed by atoms with Crippen molar-refractivity contribution in [1.82, 2.24) is 19.8 Å². The van der Waals surface area contributed by atoms with E-state index in [0.29, 0.717) is 64.1 Å². The Bertz CT molecular complexity index is 1760. The molecule has 254 valence electrons. The van der Waals surface area contributed by atoms with Gasteiger partial charge in [-0.05, 0) is 81.3 Å². The van der Waals surface area contributed by atoms with E-state index < -0.39 is 0 Å². The molecule has 48 heavy (non-hydrogen) atoms. The number of aryl methyl sites for hydroxylation is 1. The molecular weight excluding hydrogens is 612 g/mol. The Morgan fingerprint density at radius 3 is 2.48 bits per heavy atom. The summed E-state index contributed by atoms with van der Waals surface area (Å²) in [7, 11) is 6.76. The number of aromatic nitrogens is 2. The molecule has 2 N–H and O–H groups in total. The van der Waals surface area contributed by atoms with Crippen LogP contribution in [0.15, 0.2) is 54.6 Å². The Labute approximate surface area is 281 Å². The van der Waals surface area contributed by atoms with Gasteiger partial charge in [-0.1, -0.05) is 12.1 Å². The third kappa shape index (κ3) is 8.06. The number of amides is 3. The molecule has 1 aromatic heterocycles. The maximum atomic E-state index is 13.7. The van der Waals surface area contributed by atoms with Crippen LogP contribution in [-0.4, -0.2) is 98.6 Å². The first-order chi connectivity index (χ1) is 23.2. The van der Waals surface area contributed by atoms with Crippen molar-refractivity contribution in [2.45, 2.75) is 32.6 Å². The lowest BCUT2D eigenvalue weighted by atomic mass is 10.1. The summed E-state index contributed by atoms with van der Waals surface area (Å²) >= 11 is 0. The first kappa shape index (κ1) is 34.2. The van der Waals surface area contributed by atoms with E-state index in [1.54, 1.807) is 42.3 Å². The van der Waals surface area contributed by atoms with Crippen molar-refractivity contribution in [2.75, 3.05) is 71.3 Å². The number of unbranched alkanes of at least 4 members (excludes halogenated alkanes) is 2. The average molecular weight is 657 g/mol. The van der Waals surface area contributed by atoms with Crippen molar-refractivity contribution in [1.29, 1.82) is 0 Å². The summed E-state index contributed by atoms with van der Waals surface area (Å²) in [4.78, 5) is 52.5. The molecule has 4 aromatic rings. The van der Waals surface area contributed by atoms with Gasteiger partial charge in [-0.2, -0.15) is 4.98 Å². The molecule has 0 saturated carbocycles. The van der Waals surface area contributed by atoms with Crippen LogP contribution in [0.4, 0.5) is 11.4 Å². The number of hydrogen-bond acceptors (Lipinski definition) is 8. The number of carbonyl (C=O) groups is 3. The van der Waals surface area contributed by atoms with Gasteiger partial charge in [0.1, 0.15) is 17.0 Å². The largest absolute Gasteiger partial charge is 0.495 e. The van der Waals surface area contributed by atoms with Crippen LogP contribution in [0.2, 0.25) is 0 Å². The summed E-state index contributed by atoms with van der Waals surface area (Å²) in [5.74, 6) is 0.521. The highest BCUT2D eigenvalue weighted by molar-refractivity contribution is 6.12. The Hall–Kier alpha value is -5.10. The molecule has 3 aromatic carbocycles. The first-order valence-electron chi connectivity index (χ1n) is 16.2. The van der Waals surface area contributed by atoms with E-state index in [0.717, 1.165) is 51.0 Å². The molecule has 0 spiro atoms. The first-order valence-corrected chi connectivity index (χ1v) is 16.2. The van der Waals surface area contributed by atoms with E-state index in [-0.39, 0.29) is 17.7 Å². The molecular formula is C36H44N6O6. The maximum absolute atomic E-state index is 13.7. The van der Waals surface area contributed by atoms with Crippen molar-refractivity contribution in [3.63, 3.8) is 0 Å². The Kier molecular flexibility index (Phi) is 11.2. The number of imidazole rings is 1. The van der Waals surface area contributed by atoms with Gasteiger partial charge in [0.25, 0.3) is 17.8 Å². The van der Waals surface area contributed by atoms with Crippen LogP contribution >= 0.6 is 0 Å². The smallest absolute Gasteiger partial charge is 0.294 e. The van der Waals surface area contributed by atoms with Crippen molar-refractivity contribution in [2.24, 2.45) is 0 Å². The summed E-state index contributed by atoms with van der Waals surface area (Å²) in [5.41, 5.74) is 3.94. The molecule has 2 heterocycles. The van der Waals surface area contributed by atoms with Crippen LogP contribution in [0.3, 0.4) is 0 Å². The minimum Gasteiger partial charge on any atom is -0.495 e. The highest BCUT2D eigenvalue weighted by Gasteiger charge is 2.22. The van der Waals surface area contributed by atoms with Gasteiger partial charge in [0.05, 0.1) is 43.3 Å². The highest BCUT2D eigenvalue weighted by atomic mass is 16.5. The summed E-state index contributed by atoms with van der Waals surface area (Å²) in [6.07, 6.45) is 3.05. The van der Waals surface area contributed by atoms with Gasteiger partial charge < -0.3 is 39.2 Å². The van der Waals surface area contributed by atoms with Gasteiger partial charge in [-0.3, -0.25) is 14.4 Å². The van der Waals surface area contributed by atoms with Crippen molar-refractivity contribution < 1.29 is 28.6 Å². The molecule has 12 nitrogen and oxygen atoms in total. The monoisotopic (exact) mass is 656 g/mol. The van der Waals surface area contributed by atoms with Crippen LogP contribution in [0, 0.1) is 6.92 Å². The summed E-state index contributed by atoms with van der Waals surface area (Å²) < 4.78 is 16.9. The van der Waals surface area contributed by atoms with Crippen molar-refractivity contribution in [3.05, 3.63) is 71.3 Å². The van der Waals surface area contributed by atoms with Crippen LogP contribution in [-0.2, 0) is 4.79 Å². The number of nitrogens with zero attached hydrogens (tertiary/aromatic N) is 4. The van der Waals surface area contributed by atoms with E-state index in [9.17, 15) is 14.4 Å². The molecule has 0 aliphatic carbocycles. The molecule has 1 saturated heterocycles. The van der Waals surface area contributed by atoms with Crippen molar-refractivity contribution >= 4 is 40.1 Å². The molecule has 1 fully saturated rings. The van der Waals surface area contributed by atoms with Gasteiger partial charge in [-0.15, -0.1) is 0 Å². The minimum atomic E-state index is -0.382. The number of anilines is 2. The molecule has 12 heteroatoms. The molecule has 0 radical (unpaired) electrons. The number of piperazine rings is 1. The topological polar surface area (TPSA) is 129 Å². The number of ether oxygens (including phenoxy) is 3. The fourth-order valence-corrected chi connectivity index (χ4v) is 5.67. The zero-order valence-electron chi connectivity index (χ0n) is 28.3. The second-order valence-corrected chi connectivity index (χ2v) is 12.0. The van der Waals surface area contributed by atoms with Gasteiger partial charge in [0.2, 0.25) is 5.91 Å². The number of fused-ring (bicyclic) bond motifs is 1. The normalized spacial score (nSPS) is 13.3. The lowest BCUT2D eigenvalue weighted by Crippen LogP contribution is -2.47. The SMILES string of the molecule is COc1nc2c(C(=O)Nc3ccc(C(=O)N(C)c4ccc(C)cc4OCCCCCC(=O)N4CCN(C)CC4)cc3OC)cccc2[nH]1. The minimum absolute atomic E-state index is 0.227. The number of likely N-dealkylation sites (N-methyl/N-ethyl adjacent to an activating group) is 1. The highest BCUT2D eigenvalue weighted by Crippen LogP contribution is 2.32. The van der Waals surface area contributed by atoms with Gasteiger partial charge in [-0.25, -0.2) is 0 Å². The number of H-pyrrole nitrogens is 1. The van der Waals surface area contributed by atoms with Gasteiger partial charge >= 0.3 is 0 Å².